The normalized spacial score (nSPS) is 27.9. The molecule has 1 aromatic heterocycles. The van der Waals surface area contributed by atoms with Crippen molar-refractivity contribution < 1.29 is 5.11 Å². The summed E-state index contributed by atoms with van der Waals surface area (Å²) in [7, 11) is 0. The molecule has 0 bridgehead atoms. The SMILES string of the molecule is Cc1nn([C@@H]2CCCC[C@H]2O)cc1Cl. The standard InChI is InChI=1S/C10H15ClN2O/c1-7-8(11)6-13(12-7)9-4-2-3-5-10(9)14/h6,9-10,14H,2-5H2,1H3/t9-,10-/m1/s1. The second-order valence-electron chi connectivity index (χ2n) is 3.96. The average Bonchev–Trinajstić information content (AvgIpc) is 2.48. The molecule has 4 heteroatoms. The highest BCUT2D eigenvalue weighted by Gasteiger charge is 2.25. The molecule has 1 aliphatic rings. The Morgan fingerprint density at radius 3 is 2.79 bits per heavy atom. The van der Waals surface area contributed by atoms with Gasteiger partial charge in [-0.3, -0.25) is 4.68 Å². The molecule has 2 atom stereocenters. The Morgan fingerprint density at radius 2 is 2.21 bits per heavy atom. The lowest BCUT2D eigenvalue weighted by molar-refractivity contribution is 0.0693. The minimum Gasteiger partial charge on any atom is -0.391 e. The summed E-state index contributed by atoms with van der Waals surface area (Å²) in [5.74, 6) is 0. The van der Waals surface area contributed by atoms with Crippen molar-refractivity contribution in [2.75, 3.05) is 0 Å². The van der Waals surface area contributed by atoms with Gasteiger partial charge in [0, 0.05) is 6.20 Å². The second kappa shape index (κ2) is 3.91. The van der Waals surface area contributed by atoms with Crippen LogP contribution in [0.5, 0.6) is 0 Å². The van der Waals surface area contributed by atoms with Gasteiger partial charge in [0.25, 0.3) is 0 Å². The number of aliphatic hydroxyl groups excluding tert-OH is 1. The van der Waals surface area contributed by atoms with Crippen LogP contribution in [0.3, 0.4) is 0 Å². The summed E-state index contributed by atoms with van der Waals surface area (Å²) in [6.45, 7) is 1.88. The largest absolute Gasteiger partial charge is 0.391 e. The van der Waals surface area contributed by atoms with E-state index in [2.05, 4.69) is 5.10 Å². The van der Waals surface area contributed by atoms with Gasteiger partial charge in [0.15, 0.2) is 0 Å². The number of hydrogen-bond acceptors (Lipinski definition) is 2. The Kier molecular flexibility index (Phi) is 2.79. The number of aromatic nitrogens is 2. The van der Waals surface area contributed by atoms with Gasteiger partial charge in [-0.05, 0) is 19.8 Å². The predicted octanol–water partition coefficient (Wildman–Crippen LogP) is 2.32. The van der Waals surface area contributed by atoms with E-state index in [-0.39, 0.29) is 12.1 Å². The van der Waals surface area contributed by atoms with Crippen LogP contribution in [0.1, 0.15) is 37.4 Å². The van der Waals surface area contributed by atoms with Crippen molar-refractivity contribution in [3.63, 3.8) is 0 Å². The molecule has 1 aromatic rings. The van der Waals surface area contributed by atoms with Gasteiger partial charge in [-0.15, -0.1) is 0 Å². The van der Waals surface area contributed by atoms with Crippen LogP contribution < -0.4 is 0 Å². The zero-order chi connectivity index (χ0) is 10.1. The number of rotatable bonds is 1. The first-order chi connectivity index (χ1) is 6.68. The molecule has 0 aliphatic heterocycles. The van der Waals surface area contributed by atoms with Crippen LogP contribution in [0.25, 0.3) is 0 Å². The highest BCUT2D eigenvalue weighted by molar-refractivity contribution is 6.31. The van der Waals surface area contributed by atoms with Gasteiger partial charge in [-0.25, -0.2) is 0 Å². The van der Waals surface area contributed by atoms with E-state index in [1.54, 1.807) is 0 Å². The van der Waals surface area contributed by atoms with Crippen LogP contribution in [0.2, 0.25) is 5.02 Å². The number of aryl methyl sites for hydroxylation is 1. The van der Waals surface area contributed by atoms with Gasteiger partial charge in [0.05, 0.1) is 22.9 Å². The van der Waals surface area contributed by atoms with Crippen molar-refractivity contribution >= 4 is 11.6 Å². The fourth-order valence-electron chi connectivity index (χ4n) is 2.03. The maximum Gasteiger partial charge on any atom is 0.0815 e. The van der Waals surface area contributed by atoms with Crippen molar-refractivity contribution in [1.29, 1.82) is 0 Å². The molecule has 0 amide bonds. The molecule has 1 N–H and O–H groups in total. The summed E-state index contributed by atoms with van der Waals surface area (Å²) in [4.78, 5) is 0. The molecule has 0 spiro atoms. The molecule has 3 nitrogen and oxygen atoms in total. The van der Waals surface area contributed by atoms with E-state index < -0.39 is 0 Å². The molecule has 0 radical (unpaired) electrons. The Hall–Kier alpha value is -0.540. The Labute approximate surface area is 88.7 Å². The molecule has 1 heterocycles. The van der Waals surface area contributed by atoms with Crippen LogP contribution in [0.4, 0.5) is 0 Å². The lowest BCUT2D eigenvalue weighted by Crippen LogP contribution is -2.27. The van der Waals surface area contributed by atoms with E-state index in [4.69, 9.17) is 11.6 Å². The smallest absolute Gasteiger partial charge is 0.0815 e. The van der Waals surface area contributed by atoms with E-state index in [9.17, 15) is 5.11 Å². The molecule has 14 heavy (non-hydrogen) atoms. The Bertz CT molecular complexity index is 304. The molecular weight excluding hydrogens is 200 g/mol. The van der Waals surface area contributed by atoms with Crippen molar-refractivity contribution in [1.82, 2.24) is 9.78 Å². The zero-order valence-electron chi connectivity index (χ0n) is 8.28. The van der Waals surface area contributed by atoms with Crippen LogP contribution in [0.15, 0.2) is 6.20 Å². The van der Waals surface area contributed by atoms with Crippen molar-refractivity contribution in [3.05, 3.63) is 16.9 Å². The maximum absolute atomic E-state index is 9.82. The number of aliphatic hydroxyl groups is 1. The molecule has 0 unspecified atom stereocenters. The van der Waals surface area contributed by atoms with Crippen LogP contribution >= 0.6 is 11.6 Å². The predicted molar refractivity (Wildman–Crippen MR) is 55.5 cm³/mol. The van der Waals surface area contributed by atoms with E-state index >= 15 is 0 Å². The van der Waals surface area contributed by atoms with Crippen molar-refractivity contribution in [2.24, 2.45) is 0 Å². The summed E-state index contributed by atoms with van der Waals surface area (Å²) in [6.07, 6.45) is 5.71. The third-order valence-corrected chi connectivity index (χ3v) is 3.26. The number of nitrogens with zero attached hydrogens (tertiary/aromatic N) is 2. The fraction of sp³-hybridized carbons (Fsp3) is 0.700. The maximum atomic E-state index is 9.82. The second-order valence-corrected chi connectivity index (χ2v) is 4.37. The summed E-state index contributed by atoms with van der Waals surface area (Å²) in [6, 6.07) is 0.120. The summed E-state index contributed by atoms with van der Waals surface area (Å²) < 4.78 is 1.82. The van der Waals surface area contributed by atoms with Crippen LogP contribution in [-0.4, -0.2) is 21.0 Å². The van der Waals surface area contributed by atoms with E-state index in [1.165, 1.54) is 0 Å². The van der Waals surface area contributed by atoms with Crippen LogP contribution in [-0.2, 0) is 0 Å². The average molecular weight is 215 g/mol. The minimum absolute atomic E-state index is 0.120. The third-order valence-electron chi connectivity index (χ3n) is 2.89. The van der Waals surface area contributed by atoms with E-state index in [1.807, 2.05) is 17.8 Å². The van der Waals surface area contributed by atoms with Gasteiger partial charge in [0.2, 0.25) is 0 Å². The van der Waals surface area contributed by atoms with Gasteiger partial charge in [-0.2, -0.15) is 5.10 Å². The third kappa shape index (κ3) is 1.79. The van der Waals surface area contributed by atoms with Gasteiger partial charge < -0.3 is 5.11 Å². The van der Waals surface area contributed by atoms with Crippen molar-refractivity contribution in [2.45, 2.75) is 44.8 Å². The summed E-state index contributed by atoms with van der Waals surface area (Å²) >= 11 is 5.93. The summed E-state index contributed by atoms with van der Waals surface area (Å²) in [5, 5.41) is 14.8. The molecule has 1 fully saturated rings. The Balaban J connectivity index is 2.20. The molecule has 78 valence electrons. The first kappa shape index (κ1) is 9.99. The molecule has 0 saturated heterocycles. The first-order valence-corrected chi connectivity index (χ1v) is 5.45. The van der Waals surface area contributed by atoms with Gasteiger partial charge in [0.1, 0.15) is 0 Å². The highest BCUT2D eigenvalue weighted by Crippen LogP contribution is 2.29. The highest BCUT2D eigenvalue weighted by atomic mass is 35.5. The Morgan fingerprint density at radius 1 is 1.50 bits per heavy atom. The van der Waals surface area contributed by atoms with Crippen LogP contribution in [0, 0.1) is 6.92 Å². The molecule has 1 saturated carbocycles. The quantitative estimate of drug-likeness (QED) is 0.779. The topological polar surface area (TPSA) is 38.0 Å². The first-order valence-electron chi connectivity index (χ1n) is 5.08. The monoisotopic (exact) mass is 214 g/mol. The van der Waals surface area contributed by atoms with Crippen molar-refractivity contribution in [3.8, 4) is 0 Å². The molecule has 2 rings (SSSR count). The lowest BCUT2D eigenvalue weighted by Gasteiger charge is -2.27. The van der Waals surface area contributed by atoms with E-state index in [0.717, 1.165) is 31.4 Å². The number of halogens is 1. The lowest BCUT2D eigenvalue weighted by atomic mass is 9.93. The molecule has 1 aliphatic carbocycles. The van der Waals surface area contributed by atoms with Gasteiger partial charge in [-0.1, -0.05) is 24.4 Å². The number of hydrogen-bond donors (Lipinski definition) is 1. The minimum atomic E-state index is -0.265. The summed E-state index contributed by atoms with van der Waals surface area (Å²) in [5.41, 5.74) is 0.837. The zero-order valence-corrected chi connectivity index (χ0v) is 9.04. The fourth-order valence-corrected chi connectivity index (χ4v) is 2.17. The molecular formula is C10H15ClN2O. The van der Waals surface area contributed by atoms with Gasteiger partial charge >= 0.3 is 0 Å². The van der Waals surface area contributed by atoms with E-state index in [0.29, 0.717) is 5.02 Å². The molecule has 0 aromatic carbocycles.